The van der Waals surface area contributed by atoms with Crippen LogP contribution in [0.2, 0.25) is 0 Å². The van der Waals surface area contributed by atoms with E-state index < -0.39 is 10.2 Å². The number of piperidine rings is 1. The van der Waals surface area contributed by atoms with Crippen molar-refractivity contribution in [3.63, 3.8) is 0 Å². The first-order chi connectivity index (χ1) is 10.9. The van der Waals surface area contributed by atoms with Crippen molar-refractivity contribution in [3.05, 3.63) is 29.8 Å². The Morgan fingerprint density at radius 2 is 1.87 bits per heavy atom. The number of rotatable bonds is 6. The van der Waals surface area contributed by atoms with E-state index in [4.69, 9.17) is 9.47 Å². The van der Waals surface area contributed by atoms with Gasteiger partial charge in [-0.15, -0.1) is 0 Å². The van der Waals surface area contributed by atoms with Gasteiger partial charge in [0, 0.05) is 40.2 Å². The maximum Gasteiger partial charge on any atom is 0.281 e. The molecule has 1 aliphatic heterocycles. The molecule has 0 radical (unpaired) electrons. The van der Waals surface area contributed by atoms with Gasteiger partial charge in [0.05, 0.1) is 13.2 Å². The second-order valence-electron chi connectivity index (χ2n) is 6.02. The van der Waals surface area contributed by atoms with Gasteiger partial charge in [0.1, 0.15) is 5.75 Å². The first kappa shape index (κ1) is 18.2. The van der Waals surface area contributed by atoms with Crippen molar-refractivity contribution in [2.45, 2.75) is 18.9 Å². The van der Waals surface area contributed by atoms with Crippen LogP contribution >= 0.6 is 0 Å². The van der Waals surface area contributed by atoms with Crippen LogP contribution < -0.4 is 4.74 Å². The van der Waals surface area contributed by atoms with Crippen molar-refractivity contribution in [2.75, 3.05) is 41.4 Å². The molecule has 1 aliphatic rings. The Morgan fingerprint density at radius 3 is 2.39 bits per heavy atom. The highest BCUT2D eigenvalue weighted by Gasteiger charge is 2.35. The van der Waals surface area contributed by atoms with Gasteiger partial charge in [0.2, 0.25) is 0 Å². The number of ether oxygens (including phenoxy) is 2. The van der Waals surface area contributed by atoms with E-state index in [-0.39, 0.29) is 12.0 Å². The lowest BCUT2D eigenvalue weighted by Crippen LogP contribution is -2.50. The zero-order valence-corrected chi connectivity index (χ0v) is 15.0. The average molecular weight is 342 g/mol. The van der Waals surface area contributed by atoms with Crippen LogP contribution in [0.25, 0.3) is 0 Å². The molecule has 0 saturated carbocycles. The second-order valence-corrected chi connectivity index (χ2v) is 8.17. The highest BCUT2D eigenvalue weighted by Crippen LogP contribution is 2.26. The zero-order valence-electron chi connectivity index (χ0n) is 14.2. The molecule has 130 valence electrons. The molecule has 0 bridgehead atoms. The van der Waals surface area contributed by atoms with Crippen molar-refractivity contribution in [2.24, 2.45) is 5.92 Å². The summed E-state index contributed by atoms with van der Waals surface area (Å²) in [4.78, 5) is 0. The molecule has 0 aromatic heterocycles. The van der Waals surface area contributed by atoms with Crippen LogP contribution in [0.5, 0.6) is 5.75 Å². The maximum atomic E-state index is 12.4. The number of benzene rings is 1. The Bertz CT molecular complexity index is 601. The van der Waals surface area contributed by atoms with Gasteiger partial charge in [-0.2, -0.15) is 17.0 Å². The van der Waals surface area contributed by atoms with Crippen molar-refractivity contribution in [3.8, 4) is 5.75 Å². The predicted octanol–water partition coefficient (Wildman–Crippen LogP) is 1.38. The highest BCUT2D eigenvalue weighted by molar-refractivity contribution is 7.86. The molecule has 1 fully saturated rings. The third-order valence-electron chi connectivity index (χ3n) is 4.37. The minimum Gasteiger partial charge on any atom is -0.497 e. The second kappa shape index (κ2) is 7.61. The summed E-state index contributed by atoms with van der Waals surface area (Å²) in [5.74, 6) is 0.953. The smallest absolute Gasteiger partial charge is 0.281 e. The summed E-state index contributed by atoms with van der Waals surface area (Å²) in [5.41, 5.74) is 1.15. The highest BCUT2D eigenvalue weighted by atomic mass is 32.2. The fraction of sp³-hybridized carbons (Fsp3) is 0.625. The number of hydrogen-bond acceptors (Lipinski definition) is 4. The summed E-state index contributed by atoms with van der Waals surface area (Å²) in [6.45, 7) is 0.975. The first-order valence-corrected chi connectivity index (χ1v) is 9.11. The lowest BCUT2D eigenvalue weighted by molar-refractivity contribution is 0.0122. The van der Waals surface area contributed by atoms with Crippen LogP contribution in [-0.2, 0) is 21.4 Å². The molecule has 2 rings (SSSR count). The van der Waals surface area contributed by atoms with E-state index in [9.17, 15) is 8.42 Å². The van der Waals surface area contributed by atoms with Gasteiger partial charge in [0.15, 0.2) is 0 Å². The lowest BCUT2D eigenvalue weighted by Gasteiger charge is -2.38. The maximum absolute atomic E-state index is 12.4. The SMILES string of the molecule is COc1ccc(C[C@@H]2CN(S(=O)(=O)N(C)C)CC[C@H]2OC)cc1. The zero-order chi connectivity index (χ0) is 17.0. The minimum atomic E-state index is -3.38. The number of hydrogen-bond donors (Lipinski definition) is 0. The standard InChI is InChI=1S/C16H26N2O4S/c1-17(2)23(19,20)18-10-9-16(22-4)14(12-18)11-13-5-7-15(21-3)8-6-13/h5-8,14,16H,9-12H2,1-4H3/t14-,16-/m1/s1. The van der Waals surface area contributed by atoms with Gasteiger partial charge in [-0.25, -0.2) is 0 Å². The third-order valence-corrected chi connectivity index (χ3v) is 6.28. The van der Waals surface area contributed by atoms with E-state index in [1.807, 2.05) is 24.3 Å². The van der Waals surface area contributed by atoms with Crippen LogP contribution in [0.4, 0.5) is 0 Å². The quantitative estimate of drug-likeness (QED) is 0.784. The molecule has 2 atom stereocenters. The van der Waals surface area contributed by atoms with Crippen LogP contribution in [0.1, 0.15) is 12.0 Å². The fourth-order valence-corrected chi connectivity index (χ4v) is 4.17. The average Bonchev–Trinajstić information content (AvgIpc) is 2.55. The Morgan fingerprint density at radius 1 is 1.22 bits per heavy atom. The molecule has 0 spiro atoms. The fourth-order valence-electron chi connectivity index (χ4n) is 2.99. The van der Waals surface area contributed by atoms with Gasteiger partial charge < -0.3 is 9.47 Å². The van der Waals surface area contributed by atoms with Crippen molar-refractivity contribution in [1.29, 1.82) is 0 Å². The Kier molecular flexibility index (Phi) is 6.02. The van der Waals surface area contributed by atoms with Crippen LogP contribution in [-0.4, -0.2) is 64.5 Å². The summed E-state index contributed by atoms with van der Waals surface area (Å²) in [6.07, 6.45) is 1.57. The van der Waals surface area contributed by atoms with Crippen LogP contribution in [0, 0.1) is 5.92 Å². The normalized spacial score (nSPS) is 23.2. The van der Waals surface area contributed by atoms with E-state index >= 15 is 0 Å². The van der Waals surface area contributed by atoms with Crippen LogP contribution in [0.15, 0.2) is 24.3 Å². The monoisotopic (exact) mass is 342 g/mol. The minimum absolute atomic E-state index is 0.0747. The molecule has 23 heavy (non-hydrogen) atoms. The third kappa shape index (κ3) is 4.23. The first-order valence-electron chi connectivity index (χ1n) is 7.71. The topological polar surface area (TPSA) is 59.1 Å². The van der Waals surface area contributed by atoms with E-state index in [1.54, 1.807) is 32.6 Å². The summed E-state index contributed by atoms with van der Waals surface area (Å²) < 4.78 is 38.3. The molecular weight excluding hydrogens is 316 g/mol. The van der Waals surface area contributed by atoms with E-state index in [0.717, 1.165) is 17.7 Å². The summed E-state index contributed by atoms with van der Waals surface area (Å²) >= 11 is 0. The molecule has 7 heteroatoms. The summed E-state index contributed by atoms with van der Waals surface area (Å²) in [6, 6.07) is 7.89. The molecule has 1 aromatic rings. The molecule has 1 saturated heterocycles. The summed E-state index contributed by atoms with van der Waals surface area (Å²) in [7, 11) is 3.09. The van der Waals surface area contributed by atoms with E-state index in [2.05, 4.69) is 0 Å². The molecule has 6 nitrogen and oxygen atoms in total. The largest absolute Gasteiger partial charge is 0.497 e. The predicted molar refractivity (Wildman–Crippen MR) is 89.8 cm³/mol. The molecule has 1 aromatic carbocycles. The Labute approximate surface area is 139 Å². The van der Waals surface area contributed by atoms with Gasteiger partial charge in [-0.1, -0.05) is 12.1 Å². The van der Waals surface area contributed by atoms with Crippen LogP contribution in [0.3, 0.4) is 0 Å². The molecule has 1 heterocycles. The van der Waals surface area contributed by atoms with E-state index in [1.165, 1.54) is 4.31 Å². The van der Waals surface area contributed by atoms with Gasteiger partial charge in [-0.3, -0.25) is 0 Å². The van der Waals surface area contributed by atoms with Gasteiger partial charge >= 0.3 is 0 Å². The van der Waals surface area contributed by atoms with E-state index in [0.29, 0.717) is 19.5 Å². The summed E-state index contributed by atoms with van der Waals surface area (Å²) in [5, 5.41) is 0. The van der Waals surface area contributed by atoms with Gasteiger partial charge in [0.25, 0.3) is 10.2 Å². The molecule has 0 aliphatic carbocycles. The van der Waals surface area contributed by atoms with Gasteiger partial charge in [-0.05, 0) is 30.5 Å². The Balaban J connectivity index is 2.12. The molecule has 0 amide bonds. The Hall–Kier alpha value is -1.15. The number of methoxy groups -OCH3 is 2. The molecule has 0 N–H and O–H groups in total. The van der Waals surface area contributed by atoms with Crippen molar-refractivity contribution >= 4 is 10.2 Å². The van der Waals surface area contributed by atoms with Crippen molar-refractivity contribution in [1.82, 2.24) is 8.61 Å². The molecule has 0 unspecified atom stereocenters. The lowest BCUT2D eigenvalue weighted by atomic mass is 9.89. The molecular formula is C16H26N2O4S. The number of nitrogens with zero attached hydrogens (tertiary/aromatic N) is 2. The van der Waals surface area contributed by atoms with Crippen molar-refractivity contribution < 1.29 is 17.9 Å².